The van der Waals surface area contributed by atoms with E-state index in [1.54, 1.807) is 4.68 Å². The van der Waals surface area contributed by atoms with Crippen molar-refractivity contribution in [3.8, 4) is 11.7 Å². The fraction of sp³-hybridized carbons (Fsp3) is 0.318. The highest BCUT2D eigenvalue weighted by molar-refractivity contribution is 5.87. The Hall–Kier alpha value is -3.95. The molecular formula is C22H22N6O4. The Morgan fingerprint density at radius 3 is 2.81 bits per heavy atom. The van der Waals surface area contributed by atoms with Gasteiger partial charge in [-0.25, -0.2) is 14.5 Å². The van der Waals surface area contributed by atoms with Crippen LogP contribution in [-0.4, -0.2) is 47.2 Å². The molecule has 1 aliphatic carbocycles. The monoisotopic (exact) mass is 434 g/mol. The van der Waals surface area contributed by atoms with E-state index in [4.69, 9.17) is 9.84 Å². The van der Waals surface area contributed by atoms with E-state index >= 15 is 0 Å². The van der Waals surface area contributed by atoms with Crippen LogP contribution >= 0.6 is 0 Å². The first-order chi connectivity index (χ1) is 15.6. The predicted molar refractivity (Wildman–Crippen MR) is 115 cm³/mol. The SMILES string of the molecule is O=C(O)c1cnn(-c2nc3cnn(CCCOc4ccc5c(c4)CCCC5)c3c(=O)[nH]2)c1. The van der Waals surface area contributed by atoms with Gasteiger partial charge in [-0.15, -0.1) is 0 Å². The summed E-state index contributed by atoms with van der Waals surface area (Å²) in [5, 5.41) is 17.3. The molecule has 0 spiro atoms. The van der Waals surface area contributed by atoms with Gasteiger partial charge >= 0.3 is 5.97 Å². The topological polar surface area (TPSA) is 128 Å². The van der Waals surface area contributed by atoms with Crippen LogP contribution in [0.2, 0.25) is 0 Å². The lowest BCUT2D eigenvalue weighted by Gasteiger charge is -2.16. The van der Waals surface area contributed by atoms with E-state index in [2.05, 4.69) is 32.3 Å². The van der Waals surface area contributed by atoms with Crippen LogP contribution in [0.3, 0.4) is 0 Å². The summed E-state index contributed by atoms with van der Waals surface area (Å²) < 4.78 is 8.73. The molecule has 1 aromatic carbocycles. The zero-order valence-corrected chi connectivity index (χ0v) is 17.3. The first kappa shape index (κ1) is 20.0. The second-order valence-electron chi connectivity index (χ2n) is 7.81. The Morgan fingerprint density at radius 2 is 2.00 bits per heavy atom. The van der Waals surface area contributed by atoms with Gasteiger partial charge in [0.05, 0.1) is 24.6 Å². The summed E-state index contributed by atoms with van der Waals surface area (Å²) in [6.45, 7) is 1.01. The maximum Gasteiger partial charge on any atom is 0.338 e. The molecule has 0 unspecified atom stereocenters. The Balaban J connectivity index is 1.26. The number of hydrogen-bond donors (Lipinski definition) is 2. The van der Waals surface area contributed by atoms with E-state index in [-0.39, 0.29) is 17.1 Å². The first-order valence-corrected chi connectivity index (χ1v) is 10.6. The largest absolute Gasteiger partial charge is 0.494 e. The van der Waals surface area contributed by atoms with Gasteiger partial charge in [-0.2, -0.15) is 10.2 Å². The number of carboxylic acid groups (broad SMARTS) is 1. The number of nitrogens with one attached hydrogen (secondary N) is 1. The van der Waals surface area contributed by atoms with Gasteiger partial charge < -0.3 is 9.84 Å². The summed E-state index contributed by atoms with van der Waals surface area (Å²) in [5.41, 5.74) is 3.20. The second-order valence-corrected chi connectivity index (χ2v) is 7.81. The van der Waals surface area contributed by atoms with Gasteiger partial charge in [0.15, 0.2) is 5.52 Å². The maximum atomic E-state index is 12.6. The highest BCUT2D eigenvalue weighted by atomic mass is 16.5. The zero-order valence-electron chi connectivity index (χ0n) is 17.3. The number of ether oxygens (including phenoxy) is 1. The molecule has 0 saturated carbocycles. The van der Waals surface area contributed by atoms with Crippen molar-refractivity contribution in [2.45, 2.75) is 38.6 Å². The number of hydrogen-bond acceptors (Lipinski definition) is 6. The van der Waals surface area contributed by atoms with Crippen LogP contribution in [0.25, 0.3) is 17.0 Å². The molecule has 0 bridgehead atoms. The molecule has 2 N–H and O–H groups in total. The number of aromatic carboxylic acids is 1. The molecule has 1 aliphatic rings. The Kier molecular flexibility index (Phi) is 5.18. The van der Waals surface area contributed by atoms with Gasteiger partial charge in [-0.3, -0.25) is 14.5 Å². The number of fused-ring (bicyclic) bond motifs is 2. The zero-order chi connectivity index (χ0) is 22.1. The molecule has 32 heavy (non-hydrogen) atoms. The van der Waals surface area contributed by atoms with E-state index in [9.17, 15) is 9.59 Å². The third-order valence-corrected chi connectivity index (χ3v) is 5.64. The number of aryl methyl sites for hydroxylation is 3. The molecule has 164 valence electrons. The number of rotatable bonds is 7. The van der Waals surface area contributed by atoms with Gasteiger partial charge in [-0.1, -0.05) is 6.07 Å². The number of benzene rings is 1. The van der Waals surface area contributed by atoms with Gasteiger partial charge in [-0.05, 0) is 48.9 Å². The van der Waals surface area contributed by atoms with Crippen LogP contribution in [0.15, 0.2) is 41.6 Å². The van der Waals surface area contributed by atoms with Crippen LogP contribution in [0.1, 0.15) is 40.7 Å². The van der Waals surface area contributed by atoms with Gasteiger partial charge in [0.2, 0.25) is 5.95 Å². The molecule has 3 aromatic heterocycles. The lowest BCUT2D eigenvalue weighted by Crippen LogP contribution is -2.17. The van der Waals surface area contributed by atoms with E-state index in [1.807, 2.05) is 6.07 Å². The lowest BCUT2D eigenvalue weighted by atomic mass is 9.92. The normalized spacial score (nSPS) is 13.2. The van der Waals surface area contributed by atoms with Crippen molar-refractivity contribution in [2.24, 2.45) is 0 Å². The molecule has 0 fully saturated rings. The summed E-state index contributed by atoms with van der Waals surface area (Å²) in [6.07, 6.45) is 9.41. The minimum Gasteiger partial charge on any atom is -0.494 e. The Labute approximate surface area is 182 Å². The molecular weight excluding hydrogens is 412 g/mol. The average Bonchev–Trinajstić information content (AvgIpc) is 3.44. The number of carboxylic acids is 1. The van der Waals surface area contributed by atoms with Gasteiger partial charge in [0.1, 0.15) is 11.3 Å². The van der Waals surface area contributed by atoms with E-state index in [1.165, 1.54) is 47.2 Å². The Morgan fingerprint density at radius 1 is 1.16 bits per heavy atom. The summed E-state index contributed by atoms with van der Waals surface area (Å²) in [5.74, 6) is -0.101. The minimum atomic E-state index is -1.11. The molecule has 0 atom stereocenters. The highest BCUT2D eigenvalue weighted by Crippen LogP contribution is 2.25. The molecule has 5 rings (SSSR count). The number of H-pyrrole nitrogens is 1. The third-order valence-electron chi connectivity index (χ3n) is 5.64. The van der Waals surface area contributed by atoms with Crippen LogP contribution < -0.4 is 10.3 Å². The van der Waals surface area contributed by atoms with Gasteiger partial charge in [0, 0.05) is 19.2 Å². The van der Waals surface area contributed by atoms with Crippen molar-refractivity contribution in [1.29, 1.82) is 0 Å². The van der Waals surface area contributed by atoms with E-state index in [0.29, 0.717) is 30.6 Å². The highest BCUT2D eigenvalue weighted by Gasteiger charge is 2.14. The lowest BCUT2D eigenvalue weighted by molar-refractivity contribution is 0.0697. The molecule has 10 heteroatoms. The molecule has 0 amide bonds. The summed E-state index contributed by atoms with van der Waals surface area (Å²) in [6, 6.07) is 6.32. The van der Waals surface area contributed by atoms with Crippen molar-refractivity contribution in [2.75, 3.05) is 6.61 Å². The number of aromatic nitrogens is 6. The van der Waals surface area contributed by atoms with Crippen molar-refractivity contribution >= 4 is 17.0 Å². The van der Waals surface area contributed by atoms with E-state index in [0.717, 1.165) is 18.6 Å². The van der Waals surface area contributed by atoms with Crippen LogP contribution in [0.5, 0.6) is 5.75 Å². The summed E-state index contributed by atoms with van der Waals surface area (Å²) >= 11 is 0. The van der Waals surface area contributed by atoms with Crippen molar-refractivity contribution in [1.82, 2.24) is 29.5 Å². The fourth-order valence-corrected chi connectivity index (χ4v) is 4.02. The molecule has 0 radical (unpaired) electrons. The Bertz CT molecular complexity index is 1350. The smallest absolute Gasteiger partial charge is 0.338 e. The maximum absolute atomic E-state index is 12.6. The standard InChI is InChI=1S/C22H22N6O4/c29-20-19-18(25-22(26-20)28-13-16(11-23-28)21(30)31)12-24-27(19)8-3-9-32-17-7-6-14-4-1-2-5-15(14)10-17/h6-7,10-13H,1-5,8-9H2,(H,30,31)(H,25,26,29). The molecule has 3 heterocycles. The summed E-state index contributed by atoms with van der Waals surface area (Å²) in [4.78, 5) is 30.7. The first-order valence-electron chi connectivity index (χ1n) is 10.6. The molecule has 10 nitrogen and oxygen atoms in total. The predicted octanol–water partition coefficient (Wildman–Crippen LogP) is 2.35. The second kappa shape index (κ2) is 8.29. The van der Waals surface area contributed by atoms with Crippen molar-refractivity contribution < 1.29 is 14.6 Å². The number of carbonyl (C=O) groups is 1. The third kappa shape index (κ3) is 3.86. The molecule has 0 aliphatic heterocycles. The summed E-state index contributed by atoms with van der Waals surface area (Å²) in [7, 11) is 0. The number of nitrogens with zero attached hydrogens (tertiary/aromatic N) is 5. The van der Waals surface area contributed by atoms with Crippen LogP contribution in [0, 0.1) is 0 Å². The quantitative estimate of drug-likeness (QED) is 0.427. The molecule has 4 aromatic rings. The van der Waals surface area contributed by atoms with Crippen LogP contribution in [-0.2, 0) is 19.4 Å². The minimum absolute atomic E-state index is 0.00219. The average molecular weight is 434 g/mol. The number of aromatic amines is 1. The van der Waals surface area contributed by atoms with Gasteiger partial charge in [0.25, 0.3) is 5.56 Å². The fourth-order valence-electron chi connectivity index (χ4n) is 4.02. The van der Waals surface area contributed by atoms with Crippen molar-refractivity contribution in [3.05, 3.63) is 63.8 Å². The van der Waals surface area contributed by atoms with E-state index < -0.39 is 5.97 Å². The van der Waals surface area contributed by atoms with Crippen LogP contribution in [0.4, 0.5) is 0 Å². The molecule has 0 saturated heterocycles. The van der Waals surface area contributed by atoms with Crippen molar-refractivity contribution in [3.63, 3.8) is 0 Å².